The molecule has 0 N–H and O–H groups in total. The number of carbonyl (C=O) groups excluding carboxylic acids is 1. The second-order valence-electron chi connectivity index (χ2n) is 5.92. The number of aromatic nitrogens is 2. The van der Waals surface area contributed by atoms with Crippen LogP contribution >= 0.6 is 0 Å². The average Bonchev–Trinajstić information content (AvgIpc) is 3.04. The first-order valence-corrected chi connectivity index (χ1v) is 7.91. The van der Waals surface area contributed by atoms with Crippen LogP contribution in [0.1, 0.15) is 6.42 Å². The molecule has 2 saturated heterocycles. The van der Waals surface area contributed by atoms with Crippen LogP contribution in [0.2, 0.25) is 0 Å². The van der Waals surface area contributed by atoms with Crippen molar-refractivity contribution in [2.45, 2.75) is 12.5 Å². The van der Waals surface area contributed by atoms with Crippen LogP contribution in [0.15, 0.2) is 12.4 Å². The van der Waals surface area contributed by atoms with Crippen molar-refractivity contribution in [2.75, 3.05) is 53.4 Å². The number of nitrogens with zero attached hydrogens (tertiary/aromatic N) is 5. The number of hydrogen-bond acceptors (Lipinski definition) is 6. The van der Waals surface area contributed by atoms with Crippen molar-refractivity contribution in [3.8, 4) is 11.8 Å². The highest BCUT2D eigenvalue weighted by Crippen LogP contribution is 2.24. The predicted molar refractivity (Wildman–Crippen MR) is 83.7 cm³/mol. The number of methoxy groups -OCH3 is 1. The van der Waals surface area contributed by atoms with Gasteiger partial charge in [-0.2, -0.15) is 0 Å². The lowest BCUT2D eigenvalue weighted by Crippen LogP contribution is -2.51. The third-order valence-corrected chi connectivity index (χ3v) is 4.29. The van der Waals surface area contributed by atoms with E-state index in [0.29, 0.717) is 24.8 Å². The number of likely N-dealkylation sites (N-methyl/N-ethyl adjacent to an activating group) is 1. The molecule has 2 fully saturated rings. The smallest absolute Gasteiger partial charge is 0.320 e. The molecular weight excluding hydrogens is 298 g/mol. The van der Waals surface area contributed by atoms with E-state index in [9.17, 15) is 4.79 Å². The molecule has 0 bridgehead atoms. The molecule has 23 heavy (non-hydrogen) atoms. The maximum atomic E-state index is 12.6. The molecule has 8 nitrogen and oxygen atoms in total. The molecule has 2 amide bonds. The van der Waals surface area contributed by atoms with Crippen molar-refractivity contribution >= 4 is 6.03 Å². The molecule has 0 aliphatic carbocycles. The van der Waals surface area contributed by atoms with Gasteiger partial charge in [0.25, 0.3) is 11.8 Å². The second kappa shape index (κ2) is 6.99. The Balaban J connectivity index is 1.55. The van der Waals surface area contributed by atoms with Crippen LogP contribution in [-0.4, -0.2) is 90.2 Å². The third-order valence-electron chi connectivity index (χ3n) is 4.29. The number of ether oxygens (including phenoxy) is 2. The van der Waals surface area contributed by atoms with E-state index in [-0.39, 0.29) is 12.1 Å². The molecule has 0 spiro atoms. The lowest BCUT2D eigenvalue weighted by atomic mass is 10.3. The van der Waals surface area contributed by atoms with Crippen LogP contribution in [-0.2, 0) is 0 Å². The Morgan fingerprint density at radius 1 is 1.09 bits per heavy atom. The fourth-order valence-corrected chi connectivity index (χ4v) is 2.89. The summed E-state index contributed by atoms with van der Waals surface area (Å²) in [5.74, 6) is 0.755. The Hall–Kier alpha value is -2.09. The number of piperazine rings is 1. The number of carbonyl (C=O) groups is 1. The maximum absolute atomic E-state index is 12.6. The highest BCUT2D eigenvalue weighted by Gasteiger charge is 2.32. The number of urea groups is 1. The van der Waals surface area contributed by atoms with Gasteiger partial charge in [-0.25, -0.2) is 14.8 Å². The van der Waals surface area contributed by atoms with Gasteiger partial charge in [0, 0.05) is 51.5 Å². The highest BCUT2D eigenvalue weighted by molar-refractivity contribution is 5.75. The lowest BCUT2D eigenvalue weighted by Gasteiger charge is -2.34. The zero-order valence-electron chi connectivity index (χ0n) is 13.6. The standard InChI is InChI=1S/C15H23N5O3/c1-18-7-9-19(10-8-18)15(21)20-6-3-12(11-20)23-14-13(22-2)16-4-5-17-14/h4-5,12H,3,6-11H2,1-2H3. The van der Waals surface area contributed by atoms with Gasteiger partial charge in [0.1, 0.15) is 6.10 Å². The summed E-state index contributed by atoms with van der Waals surface area (Å²) in [7, 11) is 3.62. The number of amides is 2. The van der Waals surface area contributed by atoms with E-state index >= 15 is 0 Å². The first-order chi connectivity index (χ1) is 11.2. The summed E-state index contributed by atoms with van der Waals surface area (Å²) in [6, 6.07) is 0.107. The minimum absolute atomic E-state index is 0.0722. The zero-order valence-corrected chi connectivity index (χ0v) is 13.6. The molecule has 0 aromatic carbocycles. The van der Waals surface area contributed by atoms with Crippen LogP contribution in [0.3, 0.4) is 0 Å². The van der Waals surface area contributed by atoms with Gasteiger partial charge in [0.2, 0.25) is 0 Å². The fraction of sp³-hybridized carbons (Fsp3) is 0.667. The molecule has 1 aromatic rings. The molecule has 0 radical (unpaired) electrons. The molecule has 126 valence electrons. The second-order valence-corrected chi connectivity index (χ2v) is 5.92. The molecule has 2 aliphatic heterocycles. The van der Waals surface area contributed by atoms with Crippen molar-refractivity contribution in [3.63, 3.8) is 0 Å². The Bertz CT molecular complexity index is 548. The van der Waals surface area contributed by atoms with Gasteiger partial charge in [-0.3, -0.25) is 0 Å². The molecule has 0 saturated carbocycles. The molecule has 2 aliphatic rings. The molecular formula is C15H23N5O3. The monoisotopic (exact) mass is 321 g/mol. The largest absolute Gasteiger partial charge is 0.477 e. The van der Waals surface area contributed by atoms with Gasteiger partial charge < -0.3 is 24.2 Å². The van der Waals surface area contributed by atoms with E-state index in [1.165, 1.54) is 7.11 Å². The summed E-state index contributed by atoms with van der Waals surface area (Å²) in [4.78, 5) is 26.8. The van der Waals surface area contributed by atoms with Gasteiger partial charge in [0.05, 0.1) is 13.7 Å². The number of hydrogen-bond donors (Lipinski definition) is 0. The zero-order chi connectivity index (χ0) is 16.2. The first-order valence-electron chi connectivity index (χ1n) is 7.91. The molecule has 8 heteroatoms. The quantitative estimate of drug-likeness (QED) is 0.798. The van der Waals surface area contributed by atoms with E-state index in [1.54, 1.807) is 12.4 Å². The number of rotatable bonds is 3. The van der Waals surface area contributed by atoms with E-state index in [1.807, 2.05) is 9.80 Å². The Kier molecular flexibility index (Phi) is 4.80. The van der Waals surface area contributed by atoms with E-state index in [0.717, 1.165) is 32.6 Å². The summed E-state index contributed by atoms with van der Waals surface area (Å²) in [6.07, 6.45) is 3.85. The summed E-state index contributed by atoms with van der Waals surface area (Å²) >= 11 is 0. The molecule has 1 unspecified atom stereocenters. The molecule has 1 atom stereocenters. The van der Waals surface area contributed by atoms with Gasteiger partial charge >= 0.3 is 6.03 Å². The Morgan fingerprint density at radius 3 is 2.48 bits per heavy atom. The van der Waals surface area contributed by atoms with Crippen LogP contribution < -0.4 is 9.47 Å². The fourth-order valence-electron chi connectivity index (χ4n) is 2.89. The summed E-state index contributed by atoms with van der Waals surface area (Å²) in [5, 5.41) is 0. The first kappa shape index (κ1) is 15.8. The van der Waals surface area contributed by atoms with Crippen LogP contribution in [0.25, 0.3) is 0 Å². The van der Waals surface area contributed by atoms with Gasteiger partial charge in [-0.15, -0.1) is 0 Å². The summed E-state index contributed by atoms with van der Waals surface area (Å²) < 4.78 is 11.0. The van der Waals surface area contributed by atoms with E-state index in [2.05, 4.69) is 21.9 Å². The average molecular weight is 321 g/mol. The minimum atomic E-state index is -0.0722. The number of likely N-dealkylation sites (tertiary alicyclic amines) is 1. The molecule has 3 heterocycles. The van der Waals surface area contributed by atoms with Crippen LogP contribution in [0.4, 0.5) is 4.79 Å². The van der Waals surface area contributed by atoms with Crippen LogP contribution in [0, 0.1) is 0 Å². The van der Waals surface area contributed by atoms with E-state index < -0.39 is 0 Å². The van der Waals surface area contributed by atoms with Crippen LogP contribution in [0.5, 0.6) is 11.8 Å². The van der Waals surface area contributed by atoms with Crippen molar-refractivity contribution in [3.05, 3.63) is 12.4 Å². The summed E-state index contributed by atoms with van der Waals surface area (Å²) in [6.45, 7) is 4.71. The Labute approximate surface area is 136 Å². The third kappa shape index (κ3) is 3.64. The minimum Gasteiger partial charge on any atom is -0.477 e. The topological polar surface area (TPSA) is 71.0 Å². The normalized spacial score (nSPS) is 22.3. The van der Waals surface area contributed by atoms with Crippen molar-refractivity contribution in [1.29, 1.82) is 0 Å². The van der Waals surface area contributed by atoms with Gasteiger partial charge in [-0.05, 0) is 7.05 Å². The highest BCUT2D eigenvalue weighted by atomic mass is 16.5. The van der Waals surface area contributed by atoms with Gasteiger partial charge in [0.15, 0.2) is 0 Å². The maximum Gasteiger partial charge on any atom is 0.320 e. The molecule has 1 aromatic heterocycles. The van der Waals surface area contributed by atoms with Crippen molar-refractivity contribution < 1.29 is 14.3 Å². The van der Waals surface area contributed by atoms with Crippen molar-refractivity contribution in [2.24, 2.45) is 0 Å². The van der Waals surface area contributed by atoms with E-state index in [4.69, 9.17) is 9.47 Å². The predicted octanol–water partition coefficient (Wildman–Crippen LogP) is 0.306. The summed E-state index contributed by atoms with van der Waals surface area (Å²) in [5.41, 5.74) is 0. The Morgan fingerprint density at radius 2 is 1.78 bits per heavy atom. The molecule has 3 rings (SSSR count). The van der Waals surface area contributed by atoms with Gasteiger partial charge in [-0.1, -0.05) is 0 Å². The van der Waals surface area contributed by atoms with Crippen molar-refractivity contribution in [1.82, 2.24) is 24.7 Å². The lowest BCUT2D eigenvalue weighted by molar-refractivity contribution is 0.123. The SMILES string of the molecule is COc1nccnc1OC1CCN(C(=O)N2CCN(C)CC2)C1.